The van der Waals surface area contributed by atoms with Crippen LogP contribution in [0.4, 0.5) is 0 Å². The summed E-state index contributed by atoms with van der Waals surface area (Å²) in [5.41, 5.74) is 1.28. The van der Waals surface area contributed by atoms with Crippen LogP contribution in [0.5, 0.6) is 0 Å². The van der Waals surface area contributed by atoms with E-state index >= 15 is 0 Å². The lowest BCUT2D eigenvalue weighted by Crippen LogP contribution is -2.23. The zero-order valence-corrected chi connectivity index (χ0v) is 13.1. The van der Waals surface area contributed by atoms with Crippen molar-refractivity contribution in [1.82, 2.24) is 4.57 Å². The second-order valence-electron chi connectivity index (χ2n) is 4.96. The Morgan fingerprint density at radius 2 is 2.09 bits per heavy atom. The van der Waals surface area contributed by atoms with Gasteiger partial charge in [-0.1, -0.05) is 29.5 Å². The van der Waals surface area contributed by atoms with E-state index < -0.39 is 18.4 Å². The quantitative estimate of drug-likeness (QED) is 0.530. The molecule has 0 N–H and O–H groups in total. The first-order valence-corrected chi connectivity index (χ1v) is 7.75. The number of furan rings is 1. The van der Waals surface area contributed by atoms with E-state index in [-0.39, 0.29) is 17.2 Å². The van der Waals surface area contributed by atoms with Gasteiger partial charge in [0.25, 0.3) is 0 Å². The van der Waals surface area contributed by atoms with Gasteiger partial charge in [0.1, 0.15) is 12.1 Å². The number of aromatic nitrogens is 1. The van der Waals surface area contributed by atoms with Gasteiger partial charge in [-0.3, -0.25) is 19.0 Å². The Bertz CT molecular complexity index is 900. The maximum absolute atomic E-state index is 12.0. The van der Waals surface area contributed by atoms with E-state index in [0.29, 0.717) is 11.3 Å². The summed E-state index contributed by atoms with van der Waals surface area (Å²) in [6.45, 7) is 1.10. The molecule has 0 aliphatic rings. The molecule has 0 spiro atoms. The maximum Gasteiger partial charge on any atom is 0.326 e. The SMILES string of the molecule is Cc1csc(=O)n1CC(=O)OCC(=O)c1cc2ccccc2o1. The molecule has 6 nitrogen and oxygen atoms in total. The highest BCUT2D eigenvalue weighted by Gasteiger charge is 2.16. The molecule has 2 aromatic heterocycles. The molecule has 0 atom stereocenters. The molecule has 0 saturated carbocycles. The van der Waals surface area contributed by atoms with Crippen molar-refractivity contribution in [2.75, 3.05) is 6.61 Å². The Balaban J connectivity index is 1.62. The molecule has 23 heavy (non-hydrogen) atoms. The zero-order chi connectivity index (χ0) is 16.4. The second-order valence-corrected chi connectivity index (χ2v) is 5.78. The van der Waals surface area contributed by atoms with Crippen LogP contribution in [-0.2, 0) is 16.1 Å². The van der Waals surface area contributed by atoms with Gasteiger partial charge in [-0.15, -0.1) is 0 Å². The number of benzene rings is 1. The van der Waals surface area contributed by atoms with E-state index in [2.05, 4.69) is 0 Å². The van der Waals surface area contributed by atoms with Crippen molar-refractivity contribution in [1.29, 1.82) is 0 Å². The summed E-state index contributed by atoms with van der Waals surface area (Å²) in [7, 11) is 0. The van der Waals surface area contributed by atoms with Crippen LogP contribution in [0.1, 0.15) is 16.2 Å². The van der Waals surface area contributed by atoms with Crippen LogP contribution in [0.3, 0.4) is 0 Å². The number of carbonyl (C=O) groups is 2. The molecular weight excluding hydrogens is 318 g/mol. The minimum absolute atomic E-state index is 0.142. The van der Waals surface area contributed by atoms with Crippen LogP contribution in [0.25, 0.3) is 11.0 Å². The fraction of sp³-hybridized carbons (Fsp3) is 0.188. The van der Waals surface area contributed by atoms with Gasteiger partial charge in [-0.25, -0.2) is 0 Å². The number of Topliss-reactive ketones (excluding diaryl/α,β-unsaturated/α-hetero) is 1. The van der Waals surface area contributed by atoms with Gasteiger partial charge < -0.3 is 9.15 Å². The number of carbonyl (C=O) groups excluding carboxylic acids is 2. The Kier molecular flexibility index (Phi) is 4.12. The number of esters is 1. The van der Waals surface area contributed by atoms with Crippen molar-refractivity contribution >= 4 is 34.1 Å². The van der Waals surface area contributed by atoms with Gasteiger partial charge in [-0.05, 0) is 19.1 Å². The maximum atomic E-state index is 12.0. The Hall–Kier alpha value is -2.67. The fourth-order valence-corrected chi connectivity index (χ4v) is 2.84. The summed E-state index contributed by atoms with van der Waals surface area (Å²) in [6.07, 6.45) is 0. The van der Waals surface area contributed by atoms with Crippen molar-refractivity contribution in [3.63, 3.8) is 0 Å². The molecular formula is C16H13NO5S. The molecule has 0 aliphatic heterocycles. The number of rotatable bonds is 5. The molecule has 0 saturated heterocycles. The van der Waals surface area contributed by atoms with Crippen molar-refractivity contribution < 1.29 is 18.7 Å². The highest BCUT2D eigenvalue weighted by atomic mass is 32.1. The Labute approximate surface area is 134 Å². The molecule has 0 unspecified atom stereocenters. The molecule has 0 bridgehead atoms. The summed E-state index contributed by atoms with van der Waals surface area (Å²) < 4.78 is 11.7. The third-order valence-electron chi connectivity index (χ3n) is 3.33. The Morgan fingerprint density at radius 1 is 1.30 bits per heavy atom. The van der Waals surface area contributed by atoms with E-state index in [1.807, 2.05) is 12.1 Å². The highest BCUT2D eigenvalue weighted by Crippen LogP contribution is 2.19. The number of fused-ring (bicyclic) bond motifs is 1. The largest absolute Gasteiger partial charge is 0.456 e. The molecule has 0 radical (unpaired) electrons. The molecule has 7 heteroatoms. The van der Waals surface area contributed by atoms with Gasteiger partial charge in [-0.2, -0.15) is 0 Å². The molecule has 1 aromatic carbocycles. The summed E-state index contributed by atoms with van der Waals surface area (Å²) in [4.78, 5) is 35.1. The lowest BCUT2D eigenvalue weighted by molar-refractivity contribution is -0.143. The van der Waals surface area contributed by atoms with Crippen LogP contribution in [-0.4, -0.2) is 22.9 Å². The molecule has 3 aromatic rings. The topological polar surface area (TPSA) is 78.5 Å². The van der Waals surface area contributed by atoms with Crippen LogP contribution in [0.2, 0.25) is 0 Å². The lowest BCUT2D eigenvalue weighted by atomic mass is 10.2. The van der Waals surface area contributed by atoms with Crippen molar-refractivity contribution in [2.24, 2.45) is 0 Å². The first kappa shape index (κ1) is 15.2. The number of aryl methyl sites for hydroxylation is 1. The van der Waals surface area contributed by atoms with Gasteiger partial charge >= 0.3 is 10.8 Å². The smallest absolute Gasteiger partial charge is 0.326 e. The van der Waals surface area contributed by atoms with Crippen LogP contribution in [0.15, 0.2) is 44.9 Å². The summed E-state index contributed by atoms with van der Waals surface area (Å²) in [6, 6.07) is 8.84. The Morgan fingerprint density at radius 3 is 2.78 bits per heavy atom. The van der Waals surface area contributed by atoms with E-state index in [4.69, 9.17) is 9.15 Å². The third-order valence-corrected chi connectivity index (χ3v) is 4.21. The molecule has 2 heterocycles. The summed E-state index contributed by atoms with van der Waals surface area (Å²) >= 11 is 1.01. The predicted octanol–water partition coefficient (Wildman–Crippen LogP) is 2.39. The standard InChI is InChI=1S/C16H13NO5S/c1-10-9-23-16(20)17(10)7-15(19)21-8-12(18)14-6-11-4-2-3-5-13(11)22-14/h2-6,9H,7-8H2,1H3. The van der Waals surface area contributed by atoms with Gasteiger partial charge in [0.15, 0.2) is 12.4 Å². The number of ketones is 1. The highest BCUT2D eigenvalue weighted by molar-refractivity contribution is 7.07. The molecule has 0 amide bonds. The molecule has 118 valence electrons. The van der Waals surface area contributed by atoms with E-state index in [9.17, 15) is 14.4 Å². The monoisotopic (exact) mass is 331 g/mol. The van der Waals surface area contributed by atoms with Crippen molar-refractivity contribution in [3.05, 3.63) is 56.8 Å². The fourth-order valence-electron chi connectivity index (χ4n) is 2.11. The zero-order valence-electron chi connectivity index (χ0n) is 12.3. The minimum atomic E-state index is -0.641. The van der Waals surface area contributed by atoms with Crippen molar-refractivity contribution in [2.45, 2.75) is 13.5 Å². The average molecular weight is 331 g/mol. The second kappa shape index (κ2) is 6.21. The van der Waals surface area contributed by atoms with E-state index in [1.54, 1.807) is 30.5 Å². The molecule has 0 aliphatic carbocycles. The average Bonchev–Trinajstić information content (AvgIpc) is 3.11. The summed E-state index contributed by atoms with van der Waals surface area (Å²) in [5.74, 6) is -0.926. The minimum Gasteiger partial charge on any atom is -0.456 e. The number of ether oxygens (including phenoxy) is 1. The molecule has 0 fully saturated rings. The third kappa shape index (κ3) is 3.24. The lowest BCUT2D eigenvalue weighted by Gasteiger charge is -2.04. The van der Waals surface area contributed by atoms with Crippen LogP contribution < -0.4 is 4.87 Å². The van der Waals surface area contributed by atoms with Gasteiger partial charge in [0, 0.05) is 16.5 Å². The number of para-hydroxylation sites is 1. The number of nitrogens with zero attached hydrogens (tertiary/aromatic N) is 1. The number of thiazole rings is 1. The van der Waals surface area contributed by atoms with Crippen LogP contribution >= 0.6 is 11.3 Å². The van der Waals surface area contributed by atoms with Crippen molar-refractivity contribution in [3.8, 4) is 0 Å². The number of hydrogen-bond acceptors (Lipinski definition) is 6. The van der Waals surface area contributed by atoms with E-state index in [1.165, 1.54) is 4.57 Å². The van der Waals surface area contributed by atoms with E-state index in [0.717, 1.165) is 16.7 Å². The first-order valence-electron chi connectivity index (χ1n) is 6.87. The summed E-state index contributed by atoms with van der Waals surface area (Å²) in [5, 5.41) is 2.47. The van der Waals surface area contributed by atoms with Gasteiger partial charge in [0.05, 0.1) is 0 Å². The van der Waals surface area contributed by atoms with Gasteiger partial charge in [0.2, 0.25) is 5.78 Å². The normalized spacial score (nSPS) is 10.8. The van der Waals surface area contributed by atoms with Crippen LogP contribution in [0, 0.1) is 6.92 Å². The number of hydrogen-bond donors (Lipinski definition) is 0. The first-order chi connectivity index (χ1) is 11.0. The predicted molar refractivity (Wildman–Crippen MR) is 84.8 cm³/mol. The molecule has 3 rings (SSSR count).